The van der Waals surface area contributed by atoms with Gasteiger partial charge in [0.25, 0.3) is 0 Å². The van der Waals surface area contributed by atoms with Crippen LogP contribution in [0.15, 0.2) is 28.7 Å². The summed E-state index contributed by atoms with van der Waals surface area (Å²) in [5.41, 5.74) is 1.07. The van der Waals surface area contributed by atoms with E-state index >= 15 is 0 Å². The molecule has 2 N–H and O–H groups in total. The highest BCUT2D eigenvalue weighted by molar-refractivity contribution is 9.10. The van der Waals surface area contributed by atoms with Crippen LogP contribution >= 0.6 is 15.9 Å². The van der Waals surface area contributed by atoms with Crippen LogP contribution < -0.4 is 10.6 Å². The van der Waals surface area contributed by atoms with Crippen LogP contribution in [0.2, 0.25) is 0 Å². The van der Waals surface area contributed by atoms with Gasteiger partial charge in [-0.05, 0) is 18.6 Å². The van der Waals surface area contributed by atoms with Gasteiger partial charge in [-0.2, -0.15) is 0 Å². The van der Waals surface area contributed by atoms with Crippen molar-refractivity contribution in [1.82, 2.24) is 10.6 Å². The van der Waals surface area contributed by atoms with E-state index in [1.807, 2.05) is 31.2 Å². The van der Waals surface area contributed by atoms with E-state index in [1.165, 1.54) is 0 Å². The second kappa shape index (κ2) is 8.24. The predicted octanol–water partition coefficient (Wildman–Crippen LogP) is 1.86. The summed E-state index contributed by atoms with van der Waals surface area (Å²) in [6.07, 6.45) is 0. The summed E-state index contributed by atoms with van der Waals surface area (Å²) in [4.78, 5) is 11.7. The molecule has 0 fully saturated rings. The third kappa shape index (κ3) is 5.16. The molecule has 5 heteroatoms. The van der Waals surface area contributed by atoms with E-state index in [4.69, 9.17) is 4.74 Å². The van der Waals surface area contributed by atoms with Crippen LogP contribution in [0.4, 0.5) is 0 Å². The van der Waals surface area contributed by atoms with Crippen molar-refractivity contribution >= 4 is 21.8 Å². The average molecular weight is 315 g/mol. The first-order valence-electron chi connectivity index (χ1n) is 5.88. The van der Waals surface area contributed by atoms with Crippen molar-refractivity contribution in [2.45, 2.75) is 13.0 Å². The maximum absolute atomic E-state index is 11.7. The second-order valence-corrected chi connectivity index (χ2v) is 4.83. The fourth-order valence-corrected chi connectivity index (χ4v) is 2.20. The molecule has 0 aliphatic rings. The first-order valence-corrected chi connectivity index (χ1v) is 6.68. The number of hydrogen-bond donors (Lipinski definition) is 2. The van der Waals surface area contributed by atoms with Gasteiger partial charge in [-0.25, -0.2) is 0 Å². The Morgan fingerprint density at radius 2 is 2.17 bits per heavy atom. The van der Waals surface area contributed by atoms with E-state index in [0.29, 0.717) is 19.7 Å². The van der Waals surface area contributed by atoms with Crippen molar-refractivity contribution in [1.29, 1.82) is 0 Å². The van der Waals surface area contributed by atoms with Gasteiger partial charge in [0.05, 0.1) is 19.2 Å². The van der Waals surface area contributed by atoms with Gasteiger partial charge in [0, 0.05) is 18.1 Å². The van der Waals surface area contributed by atoms with Gasteiger partial charge >= 0.3 is 0 Å². The SMILES string of the molecule is COCCNCC(=O)N[C@@H](C)c1ccccc1Br. The summed E-state index contributed by atoms with van der Waals surface area (Å²) in [5.74, 6) is -0.0191. The maximum atomic E-state index is 11.7. The van der Waals surface area contributed by atoms with Crippen LogP contribution in [-0.4, -0.2) is 32.7 Å². The summed E-state index contributed by atoms with van der Waals surface area (Å²) in [6.45, 7) is 3.55. The lowest BCUT2D eigenvalue weighted by atomic mass is 10.1. The van der Waals surface area contributed by atoms with Gasteiger partial charge in [0.15, 0.2) is 0 Å². The van der Waals surface area contributed by atoms with Crippen molar-refractivity contribution < 1.29 is 9.53 Å². The topological polar surface area (TPSA) is 50.4 Å². The predicted molar refractivity (Wildman–Crippen MR) is 75.4 cm³/mol. The molecule has 100 valence electrons. The molecule has 1 rings (SSSR count). The number of carbonyl (C=O) groups is 1. The van der Waals surface area contributed by atoms with Gasteiger partial charge in [-0.1, -0.05) is 34.1 Å². The normalized spacial score (nSPS) is 12.2. The average Bonchev–Trinajstić information content (AvgIpc) is 2.35. The molecule has 0 aliphatic heterocycles. The molecule has 1 amide bonds. The molecule has 1 aromatic rings. The molecule has 0 saturated carbocycles. The zero-order valence-corrected chi connectivity index (χ0v) is 12.3. The molecular formula is C13H19BrN2O2. The quantitative estimate of drug-likeness (QED) is 0.755. The minimum absolute atomic E-state index is 0.0164. The number of amides is 1. The smallest absolute Gasteiger partial charge is 0.234 e. The van der Waals surface area contributed by atoms with Crippen LogP contribution in [0.3, 0.4) is 0 Å². The third-order valence-corrected chi connectivity index (χ3v) is 3.24. The molecule has 0 aromatic heterocycles. The van der Waals surface area contributed by atoms with Gasteiger partial charge in [-0.15, -0.1) is 0 Å². The molecule has 0 heterocycles. The van der Waals surface area contributed by atoms with E-state index in [2.05, 4.69) is 26.6 Å². The van der Waals surface area contributed by atoms with Crippen LogP contribution in [0.1, 0.15) is 18.5 Å². The van der Waals surface area contributed by atoms with Crippen LogP contribution in [0.5, 0.6) is 0 Å². The zero-order chi connectivity index (χ0) is 13.4. The molecule has 0 aliphatic carbocycles. The lowest BCUT2D eigenvalue weighted by Crippen LogP contribution is -2.36. The van der Waals surface area contributed by atoms with Crippen molar-refractivity contribution in [2.24, 2.45) is 0 Å². The number of ether oxygens (including phenoxy) is 1. The number of nitrogens with one attached hydrogen (secondary N) is 2. The van der Waals surface area contributed by atoms with E-state index in [1.54, 1.807) is 7.11 Å². The Labute approximate surface area is 116 Å². The van der Waals surface area contributed by atoms with Crippen LogP contribution in [0, 0.1) is 0 Å². The Morgan fingerprint density at radius 1 is 1.44 bits per heavy atom. The summed E-state index contributed by atoms with van der Waals surface area (Å²) in [5, 5.41) is 5.95. The van der Waals surface area contributed by atoms with E-state index in [9.17, 15) is 4.79 Å². The summed E-state index contributed by atoms with van der Waals surface area (Å²) >= 11 is 3.48. The van der Waals surface area contributed by atoms with Crippen LogP contribution in [-0.2, 0) is 9.53 Å². The number of halogens is 1. The fourth-order valence-electron chi connectivity index (χ4n) is 1.57. The molecular weight excluding hydrogens is 296 g/mol. The van der Waals surface area contributed by atoms with Crippen LogP contribution in [0.25, 0.3) is 0 Å². The molecule has 0 bridgehead atoms. The molecule has 0 unspecified atom stereocenters. The van der Waals surface area contributed by atoms with Gasteiger partial charge in [-0.3, -0.25) is 4.79 Å². The Kier molecular flexibility index (Phi) is 6.93. The molecule has 0 radical (unpaired) electrons. The first kappa shape index (κ1) is 15.1. The summed E-state index contributed by atoms with van der Waals surface area (Å²) in [6, 6.07) is 7.85. The number of methoxy groups -OCH3 is 1. The minimum atomic E-state index is -0.0191. The highest BCUT2D eigenvalue weighted by atomic mass is 79.9. The molecule has 1 aromatic carbocycles. The summed E-state index contributed by atoms with van der Waals surface area (Å²) in [7, 11) is 1.64. The summed E-state index contributed by atoms with van der Waals surface area (Å²) < 4.78 is 5.89. The zero-order valence-electron chi connectivity index (χ0n) is 10.7. The second-order valence-electron chi connectivity index (χ2n) is 3.98. The maximum Gasteiger partial charge on any atom is 0.234 e. The monoisotopic (exact) mass is 314 g/mol. The molecule has 1 atom stereocenters. The minimum Gasteiger partial charge on any atom is -0.383 e. The largest absolute Gasteiger partial charge is 0.383 e. The molecule has 0 saturated heterocycles. The lowest BCUT2D eigenvalue weighted by molar-refractivity contribution is -0.120. The van der Waals surface area contributed by atoms with Crippen molar-refractivity contribution in [3.8, 4) is 0 Å². The van der Waals surface area contributed by atoms with Gasteiger partial charge in [0.2, 0.25) is 5.91 Å². The highest BCUT2D eigenvalue weighted by Gasteiger charge is 2.11. The van der Waals surface area contributed by atoms with E-state index in [0.717, 1.165) is 10.0 Å². The Hall–Kier alpha value is -0.910. The van der Waals surface area contributed by atoms with Gasteiger partial charge in [0.1, 0.15) is 0 Å². The van der Waals surface area contributed by atoms with Crippen molar-refractivity contribution in [3.63, 3.8) is 0 Å². The van der Waals surface area contributed by atoms with E-state index in [-0.39, 0.29) is 11.9 Å². The fraction of sp³-hybridized carbons (Fsp3) is 0.462. The van der Waals surface area contributed by atoms with Crippen molar-refractivity contribution in [3.05, 3.63) is 34.3 Å². The van der Waals surface area contributed by atoms with E-state index < -0.39 is 0 Å². The Bertz CT molecular complexity index is 385. The first-order chi connectivity index (χ1) is 8.65. The highest BCUT2D eigenvalue weighted by Crippen LogP contribution is 2.22. The number of benzene rings is 1. The number of hydrogen-bond acceptors (Lipinski definition) is 3. The Morgan fingerprint density at radius 3 is 2.83 bits per heavy atom. The van der Waals surface area contributed by atoms with Gasteiger partial charge < -0.3 is 15.4 Å². The molecule has 18 heavy (non-hydrogen) atoms. The standard InChI is InChI=1S/C13H19BrN2O2/c1-10(11-5-3-4-6-12(11)14)16-13(17)9-15-7-8-18-2/h3-6,10,15H,7-9H2,1-2H3,(H,16,17)/t10-/m0/s1. The Balaban J connectivity index is 2.38. The van der Waals surface area contributed by atoms with Crippen molar-refractivity contribution in [2.75, 3.05) is 26.8 Å². The number of carbonyl (C=O) groups excluding carboxylic acids is 1. The number of rotatable bonds is 7. The molecule has 4 nitrogen and oxygen atoms in total. The lowest BCUT2D eigenvalue weighted by Gasteiger charge is -2.16. The molecule has 0 spiro atoms. The third-order valence-electron chi connectivity index (χ3n) is 2.52.